The smallest absolute Gasteiger partial charge is 0.300 e. The Morgan fingerprint density at radius 1 is 1.09 bits per heavy atom. The summed E-state index contributed by atoms with van der Waals surface area (Å²) >= 11 is 0. The number of anilines is 1. The van der Waals surface area contributed by atoms with Crippen LogP contribution in [0.15, 0.2) is 72.3 Å². The van der Waals surface area contributed by atoms with Crippen molar-refractivity contribution in [3.05, 3.63) is 94.8 Å². The predicted molar refractivity (Wildman–Crippen MR) is 120 cm³/mol. The zero-order chi connectivity index (χ0) is 23.1. The van der Waals surface area contributed by atoms with Gasteiger partial charge in [-0.3, -0.25) is 14.5 Å². The molecule has 0 radical (unpaired) electrons. The minimum atomic E-state index is -0.942. The van der Waals surface area contributed by atoms with Crippen LogP contribution in [0.4, 0.5) is 10.1 Å². The van der Waals surface area contributed by atoms with Gasteiger partial charge in [-0.15, -0.1) is 0 Å². The summed E-state index contributed by atoms with van der Waals surface area (Å²) < 4.78 is 24.5. The molecule has 1 fully saturated rings. The van der Waals surface area contributed by atoms with Crippen molar-refractivity contribution in [3.63, 3.8) is 0 Å². The van der Waals surface area contributed by atoms with Crippen LogP contribution in [0.5, 0.6) is 11.5 Å². The number of aliphatic hydroxyl groups is 1. The maximum absolute atomic E-state index is 13.7. The van der Waals surface area contributed by atoms with E-state index in [-0.39, 0.29) is 11.3 Å². The molecule has 1 atom stereocenters. The number of methoxy groups -OCH3 is 1. The molecule has 0 aromatic heterocycles. The van der Waals surface area contributed by atoms with Gasteiger partial charge in [-0.2, -0.15) is 0 Å². The van der Waals surface area contributed by atoms with Crippen molar-refractivity contribution in [1.82, 2.24) is 0 Å². The van der Waals surface area contributed by atoms with Gasteiger partial charge in [0.1, 0.15) is 23.1 Å². The number of hydrogen-bond acceptors (Lipinski definition) is 5. The van der Waals surface area contributed by atoms with E-state index in [1.165, 1.54) is 36.3 Å². The van der Waals surface area contributed by atoms with E-state index < -0.39 is 23.5 Å². The molecule has 2 heterocycles. The number of hydrogen-bond donors (Lipinski definition) is 1. The maximum Gasteiger partial charge on any atom is 0.300 e. The van der Waals surface area contributed by atoms with Gasteiger partial charge >= 0.3 is 0 Å². The van der Waals surface area contributed by atoms with Crippen LogP contribution in [-0.4, -0.2) is 30.5 Å². The van der Waals surface area contributed by atoms with Crippen LogP contribution in [0.2, 0.25) is 0 Å². The van der Waals surface area contributed by atoms with Crippen LogP contribution >= 0.6 is 0 Å². The largest absolute Gasteiger partial charge is 0.507 e. The fraction of sp³-hybridized carbons (Fsp3) is 0.154. The minimum Gasteiger partial charge on any atom is -0.507 e. The van der Waals surface area contributed by atoms with Crippen molar-refractivity contribution in [2.75, 3.05) is 18.6 Å². The minimum absolute atomic E-state index is 0.0618. The standard InChI is InChI=1S/C26H20FNO5/c1-32-20-4-2-3-19(14-20)28-23(15-5-8-18(27)9-6-15)22(25(30)26(28)31)24(29)17-7-10-21-16(13-17)11-12-33-21/h2-10,13-14,23,29H,11-12H2,1H3/b24-22-. The number of aliphatic hydroxyl groups excluding tert-OH is 1. The Morgan fingerprint density at radius 2 is 1.88 bits per heavy atom. The topological polar surface area (TPSA) is 76.1 Å². The van der Waals surface area contributed by atoms with Crippen molar-refractivity contribution in [1.29, 1.82) is 0 Å². The second-order valence-corrected chi connectivity index (χ2v) is 7.84. The Kier molecular flexibility index (Phi) is 5.09. The van der Waals surface area contributed by atoms with Crippen molar-refractivity contribution < 1.29 is 28.6 Å². The Bertz CT molecular complexity index is 1300. The average Bonchev–Trinajstić information content (AvgIpc) is 3.41. The van der Waals surface area contributed by atoms with Crippen LogP contribution in [0.1, 0.15) is 22.7 Å². The lowest BCUT2D eigenvalue weighted by Gasteiger charge is -2.25. The SMILES string of the molecule is COc1cccc(N2C(=O)C(=O)/C(=C(\O)c3ccc4c(c3)CCO4)C2c2ccc(F)cc2)c1. The van der Waals surface area contributed by atoms with Gasteiger partial charge in [0.25, 0.3) is 11.7 Å². The molecular weight excluding hydrogens is 425 g/mol. The molecule has 2 aliphatic heterocycles. The first-order valence-corrected chi connectivity index (χ1v) is 10.4. The highest BCUT2D eigenvalue weighted by atomic mass is 19.1. The fourth-order valence-electron chi connectivity index (χ4n) is 4.31. The van der Waals surface area contributed by atoms with Crippen molar-refractivity contribution in [3.8, 4) is 11.5 Å². The number of carbonyl (C=O) groups excluding carboxylic acids is 2. The summed E-state index contributed by atoms with van der Waals surface area (Å²) in [6.45, 7) is 0.551. The highest BCUT2D eigenvalue weighted by Gasteiger charge is 2.47. The fourth-order valence-corrected chi connectivity index (χ4v) is 4.31. The first-order chi connectivity index (χ1) is 16.0. The van der Waals surface area contributed by atoms with E-state index in [0.717, 1.165) is 11.3 Å². The monoisotopic (exact) mass is 445 g/mol. The molecule has 1 saturated heterocycles. The van der Waals surface area contributed by atoms with Crippen LogP contribution in [0, 0.1) is 5.82 Å². The van der Waals surface area contributed by atoms with Gasteiger partial charge < -0.3 is 14.6 Å². The lowest BCUT2D eigenvalue weighted by molar-refractivity contribution is -0.132. The second kappa shape index (κ2) is 8.09. The molecule has 33 heavy (non-hydrogen) atoms. The van der Waals surface area contributed by atoms with Gasteiger partial charge in [-0.1, -0.05) is 18.2 Å². The summed E-state index contributed by atoms with van der Waals surface area (Å²) in [6.07, 6.45) is 0.690. The summed E-state index contributed by atoms with van der Waals surface area (Å²) in [5, 5.41) is 11.2. The van der Waals surface area contributed by atoms with E-state index in [0.29, 0.717) is 35.6 Å². The van der Waals surface area contributed by atoms with Crippen molar-refractivity contribution >= 4 is 23.1 Å². The molecule has 0 spiro atoms. The van der Waals surface area contributed by atoms with Gasteiger partial charge in [0.15, 0.2) is 0 Å². The molecule has 1 unspecified atom stereocenters. The first-order valence-electron chi connectivity index (χ1n) is 10.4. The summed E-state index contributed by atoms with van der Waals surface area (Å²) in [4.78, 5) is 27.7. The lowest BCUT2D eigenvalue weighted by atomic mass is 9.94. The second-order valence-electron chi connectivity index (χ2n) is 7.84. The predicted octanol–water partition coefficient (Wildman–Crippen LogP) is 4.40. The number of benzene rings is 3. The van der Waals surface area contributed by atoms with E-state index in [1.54, 1.807) is 42.5 Å². The normalized spacial score (nSPS) is 18.8. The highest BCUT2D eigenvalue weighted by molar-refractivity contribution is 6.51. The number of Topliss-reactive ketones (excluding diaryl/α,β-unsaturated/α-hetero) is 1. The van der Waals surface area contributed by atoms with Crippen molar-refractivity contribution in [2.45, 2.75) is 12.5 Å². The molecule has 3 aromatic rings. The molecule has 1 N–H and O–H groups in total. The van der Waals surface area contributed by atoms with Gasteiger partial charge in [0.05, 0.1) is 25.3 Å². The third kappa shape index (κ3) is 3.51. The van der Waals surface area contributed by atoms with E-state index in [9.17, 15) is 19.1 Å². The number of nitrogens with zero attached hydrogens (tertiary/aromatic N) is 1. The molecule has 7 heteroatoms. The molecule has 1 amide bonds. The van der Waals surface area contributed by atoms with E-state index in [1.807, 2.05) is 0 Å². The highest BCUT2D eigenvalue weighted by Crippen LogP contribution is 2.43. The van der Waals surface area contributed by atoms with Gasteiger partial charge in [-0.25, -0.2) is 4.39 Å². The van der Waals surface area contributed by atoms with Crippen LogP contribution in [0.3, 0.4) is 0 Å². The zero-order valence-electron chi connectivity index (χ0n) is 17.7. The molecule has 2 aliphatic rings. The summed E-state index contributed by atoms with van der Waals surface area (Å²) in [7, 11) is 1.50. The van der Waals surface area contributed by atoms with Crippen LogP contribution < -0.4 is 14.4 Å². The van der Waals surface area contributed by atoms with Gasteiger partial charge in [-0.05, 0) is 53.6 Å². The first kappa shape index (κ1) is 20.8. The number of amides is 1. The molecule has 5 rings (SSSR count). The quantitative estimate of drug-likeness (QED) is 0.366. The Labute approximate surface area is 189 Å². The number of ketones is 1. The van der Waals surface area contributed by atoms with E-state index in [2.05, 4.69) is 0 Å². The average molecular weight is 445 g/mol. The summed E-state index contributed by atoms with van der Waals surface area (Å²) in [6, 6.07) is 16.5. The summed E-state index contributed by atoms with van der Waals surface area (Å²) in [5.41, 5.74) is 2.18. The molecule has 0 saturated carbocycles. The Morgan fingerprint density at radius 3 is 2.64 bits per heavy atom. The molecule has 0 bridgehead atoms. The van der Waals surface area contributed by atoms with Crippen LogP contribution in [-0.2, 0) is 16.0 Å². The number of ether oxygens (including phenoxy) is 2. The molecule has 3 aromatic carbocycles. The van der Waals surface area contributed by atoms with Gasteiger partial charge in [0, 0.05) is 23.7 Å². The van der Waals surface area contributed by atoms with Gasteiger partial charge in [0.2, 0.25) is 0 Å². The molecule has 0 aliphatic carbocycles. The number of rotatable bonds is 4. The van der Waals surface area contributed by atoms with E-state index >= 15 is 0 Å². The lowest BCUT2D eigenvalue weighted by Crippen LogP contribution is -2.29. The molecular formula is C26H20FNO5. The summed E-state index contributed by atoms with van der Waals surface area (Å²) in [5.74, 6) is -1.10. The number of halogens is 1. The zero-order valence-corrected chi connectivity index (χ0v) is 17.7. The van der Waals surface area contributed by atoms with E-state index in [4.69, 9.17) is 9.47 Å². The number of carbonyl (C=O) groups is 2. The number of fused-ring (bicyclic) bond motifs is 1. The Balaban J connectivity index is 1.70. The Hall–Kier alpha value is -4.13. The molecule has 166 valence electrons. The maximum atomic E-state index is 13.7. The van der Waals surface area contributed by atoms with Crippen molar-refractivity contribution in [2.24, 2.45) is 0 Å². The van der Waals surface area contributed by atoms with Crippen LogP contribution in [0.25, 0.3) is 5.76 Å². The molecule has 6 nitrogen and oxygen atoms in total. The third-order valence-corrected chi connectivity index (χ3v) is 5.92. The third-order valence-electron chi connectivity index (χ3n) is 5.92.